The van der Waals surface area contributed by atoms with Crippen LogP contribution in [-0.4, -0.2) is 64.9 Å². The number of carbonyl (C=O) groups is 1. The molecule has 1 aromatic carbocycles. The fraction of sp³-hybridized carbons (Fsp3) is 0.607. The molecule has 2 atom stereocenters. The van der Waals surface area contributed by atoms with Crippen LogP contribution in [-0.2, 0) is 16.4 Å². The second-order valence-electron chi connectivity index (χ2n) is 11.2. The van der Waals surface area contributed by atoms with Crippen LogP contribution in [0.4, 0.5) is 13.2 Å². The smallest absolute Gasteiger partial charge is 0.342 e. The molecule has 1 amide bonds. The minimum absolute atomic E-state index is 0.0588. The molecule has 2 saturated heterocycles. The van der Waals surface area contributed by atoms with Gasteiger partial charge in [0.2, 0.25) is 5.91 Å². The molecule has 3 heterocycles. The van der Waals surface area contributed by atoms with Crippen molar-refractivity contribution < 1.29 is 18.0 Å². The van der Waals surface area contributed by atoms with Gasteiger partial charge in [-0.2, -0.15) is 24.5 Å². The maximum Gasteiger partial charge on any atom is 0.416 e. The van der Waals surface area contributed by atoms with E-state index in [9.17, 15) is 18.0 Å². The zero-order valence-corrected chi connectivity index (χ0v) is 22.2. The fourth-order valence-corrected chi connectivity index (χ4v) is 7.03. The van der Waals surface area contributed by atoms with Gasteiger partial charge in [-0.3, -0.25) is 14.6 Å². The number of nitrogens with zero attached hydrogens (tertiary/aromatic N) is 3. The molecule has 8 heteroatoms. The van der Waals surface area contributed by atoms with Crippen molar-refractivity contribution in [3.8, 4) is 0 Å². The van der Waals surface area contributed by atoms with Crippen molar-refractivity contribution in [3.63, 3.8) is 0 Å². The number of rotatable bonds is 5. The van der Waals surface area contributed by atoms with Gasteiger partial charge in [0, 0.05) is 50.3 Å². The summed E-state index contributed by atoms with van der Waals surface area (Å²) in [6, 6.07) is 8.06. The number of alkyl halides is 3. The van der Waals surface area contributed by atoms with E-state index in [1.54, 1.807) is 23.5 Å². The van der Waals surface area contributed by atoms with E-state index in [0.717, 1.165) is 64.0 Å². The normalized spacial score (nSPS) is 25.5. The standard InChI is InChI=1S/C28H36F3N3OS/c1-20-18-33(15-16-34(20)21(2)22-4-6-23(7-5-22)28(29,30)31)26(3)11-13-32(14-12-26)25(35)27(9-10-27)24-8-17-36-19-24/h4-8,17,19-21H,9-16,18H2,1-3H3. The lowest BCUT2D eigenvalue weighted by Gasteiger charge is -2.52. The molecule has 2 aliphatic heterocycles. The Morgan fingerprint density at radius 3 is 2.22 bits per heavy atom. The Hall–Kier alpha value is -1.90. The summed E-state index contributed by atoms with van der Waals surface area (Å²) >= 11 is 1.66. The zero-order chi connectivity index (χ0) is 25.7. The summed E-state index contributed by atoms with van der Waals surface area (Å²) in [7, 11) is 0. The average Bonchev–Trinajstić information content (AvgIpc) is 3.48. The highest BCUT2D eigenvalue weighted by molar-refractivity contribution is 7.08. The number of hydrogen-bond acceptors (Lipinski definition) is 4. The fourth-order valence-electron chi connectivity index (χ4n) is 6.28. The van der Waals surface area contributed by atoms with Crippen molar-refractivity contribution in [2.75, 3.05) is 32.7 Å². The summed E-state index contributed by atoms with van der Waals surface area (Å²) in [6.45, 7) is 11.0. The number of benzene rings is 1. The van der Waals surface area contributed by atoms with Crippen LogP contribution in [0.1, 0.15) is 69.2 Å². The molecular weight excluding hydrogens is 483 g/mol. The zero-order valence-electron chi connectivity index (χ0n) is 21.4. The molecule has 0 spiro atoms. The maximum absolute atomic E-state index is 13.4. The van der Waals surface area contributed by atoms with E-state index >= 15 is 0 Å². The van der Waals surface area contributed by atoms with Crippen molar-refractivity contribution in [2.45, 2.75) is 75.7 Å². The number of piperazine rings is 1. The monoisotopic (exact) mass is 519 g/mol. The SMILES string of the molecule is CC1CN(C2(C)CCN(C(=O)C3(c4ccsc4)CC3)CC2)CCN1C(C)c1ccc(C(F)(F)F)cc1. The quantitative estimate of drug-likeness (QED) is 0.489. The van der Waals surface area contributed by atoms with Crippen LogP contribution in [0.25, 0.3) is 0 Å². The van der Waals surface area contributed by atoms with Crippen molar-refractivity contribution in [1.82, 2.24) is 14.7 Å². The molecule has 3 fully saturated rings. The molecule has 2 aromatic rings. The maximum atomic E-state index is 13.4. The predicted octanol–water partition coefficient (Wildman–Crippen LogP) is 5.95. The van der Waals surface area contributed by atoms with Gasteiger partial charge in [-0.1, -0.05) is 12.1 Å². The highest BCUT2D eigenvalue weighted by Crippen LogP contribution is 2.51. The van der Waals surface area contributed by atoms with Crippen LogP contribution in [0.15, 0.2) is 41.1 Å². The van der Waals surface area contributed by atoms with Crippen LogP contribution in [0.5, 0.6) is 0 Å². The van der Waals surface area contributed by atoms with E-state index in [2.05, 4.69) is 52.3 Å². The first-order valence-electron chi connectivity index (χ1n) is 13.0. The number of carbonyl (C=O) groups excluding carboxylic acids is 1. The molecule has 36 heavy (non-hydrogen) atoms. The van der Waals surface area contributed by atoms with Crippen molar-refractivity contribution in [2.24, 2.45) is 0 Å². The van der Waals surface area contributed by atoms with Gasteiger partial charge in [-0.05, 0) is 86.5 Å². The Balaban J connectivity index is 1.17. The van der Waals surface area contributed by atoms with Crippen LogP contribution >= 0.6 is 11.3 Å². The van der Waals surface area contributed by atoms with Gasteiger partial charge in [0.1, 0.15) is 0 Å². The number of hydrogen-bond donors (Lipinski definition) is 0. The van der Waals surface area contributed by atoms with Crippen LogP contribution in [0, 0.1) is 0 Å². The molecule has 1 aromatic heterocycles. The molecule has 4 nitrogen and oxygen atoms in total. The van der Waals surface area contributed by atoms with E-state index in [4.69, 9.17) is 0 Å². The van der Waals surface area contributed by atoms with E-state index < -0.39 is 11.7 Å². The Morgan fingerprint density at radius 2 is 1.69 bits per heavy atom. The van der Waals surface area contributed by atoms with E-state index in [1.807, 2.05) is 0 Å². The third-order valence-electron chi connectivity index (χ3n) is 9.02. The lowest BCUT2D eigenvalue weighted by atomic mass is 9.85. The number of likely N-dealkylation sites (tertiary alicyclic amines) is 1. The Kier molecular flexibility index (Phi) is 6.75. The van der Waals surface area contributed by atoms with Crippen molar-refractivity contribution in [1.29, 1.82) is 0 Å². The van der Waals surface area contributed by atoms with Gasteiger partial charge in [0.05, 0.1) is 11.0 Å². The summed E-state index contributed by atoms with van der Waals surface area (Å²) in [5.41, 5.74) is 1.31. The first-order valence-corrected chi connectivity index (χ1v) is 14.0. The number of amides is 1. The van der Waals surface area contributed by atoms with E-state index in [0.29, 0.717) is 11.9 Å². The van der Waals surface area contributed by atoms with Gasteiger partial charge in [-0.25, -0.2) is 0 Å². The molecule has 3 aliphatic rings. The molecule has 5 rings (SSSR count). The van der Waals surface area contributed by atoms with Crippen LogP contribution in [0.2, 0.25) is 0 Å². The lowest BCUT2D eigenvalue weighted by Crippen LogP contribution is -2.62. The first kappa shape index (κ1) is 25.7. The number of thiophene rings is 1. The Morgan fingerprint density at radius 1 is 1.03 bits per heavy atom. The summed E-state index contributed by atoms with van der Waals surface area (Å²) in [5, 5.41) is 4.20. The summed E-state index contributed by atoms with van der Waals surface area (Å²) in [5.74, 6) is 0.312. The molecule has 2 unspecified atom stereocenters. The topological polar surface area (TPSA) is 26.8 Å². The summed E-state index contributed by atoms with van der Waals surface area (Å²) in [6.07, 6.45) is -0.432. The van der Waals surface area contributed by atoms with Gasteiger partial charge >= 0.3 is 6.18 Å². The third-order valence-corrected chi connectivity index (χ3v) is 9.70. The molecule has 1 saturated carbocycles. The second-order valence-corrected chi connectivity index (χ2v) is 12.0. The van der Waals surface area contributed by atoms with Gasteiger partial charge < -0.3 is 4.90 Å². The van der Waals surface area contributed by atoms with Gasteiger partial charge in [0.25, 0.3) is 0 Å². The van der Waals surface area contributed by atoms with E-state index in [-0.39, 0.29) is 17.0 Å². The van der Waals surface area contributed by atoms with Crippen molar-refractivity contribution in [3.05, 3.63) is 57.8 Å². The molecule has 0 radical (unpaired) electrons. The van der Waals surface area contributed by atoms with Crippen LogP contribution in [0.3, 0.4) is 0 Å². The number of piperidine rings is 1. The lowest BCUT2D eigenvalue weighted by molar-refractivity contribution is -0.138. The third kappa shape index (κ3) is 4.72. The minimum Gasteiger partial charge on any atom is -0.342 e. The van der Waals surface area contributed by atoms with Gasteiger partial charge in [0.15, 0.2) is 0 Å². The molecule has 196 valence electrons. The Bertz CT molecular complexity index is 1060. The predicted molar refractivity (Wildman–Crippen MR) is 137 cm³/mol. The van der Waals surface area contributed by atoms with Crippen LogP contribution < -0.4 is 0 Å². The molecular formula is C28H36F3N3OS. The molecule has 0 N–H and O–H groups in total. The van der Waals surface area contributed by atoms with Crippen molar-refractivity contribution >= 4 is 17.2 Å². The highest BCUT2D eigenvalue weighted by Gasteiger charge is 2.54. The number of halogens is 3. The largest absolute Gasteiger partial charge is 0.416 e. The summed E-state index contributed by atoms with van der Waals surface area (Å²) < 4.78 is 38.9. The second kappa shape index (κ2) is 9.44. The average molecular weight is 520 g/mol. The minimum atomic E-state index is -4.31. The van der Waals surface area contributed by atoms with Gasteiger partial charge in [-0.15, -0.1) is 0 Å². The van der Waals surface area contributed by atoms with E-state index in [1.165, 1.54) is 17.7 Å². The molecule has 0 bridgehead atoms. The summed E-state index contributed by atoms with van der Waals surface area (Å²) in [4.78, 5) is 20.5. The highest BCUT2D eigenvalue weighted by atomic mass is 32.1. The first-order chi connectivity index (χ1) is 17.0. The Labute approximate surface area is 216 Å². The molecule has 1 aliphatic carbocycles.